The van der Waals surface area contributed by atoms with Crippen molar-refractivity contribution >= 4 is 33.9 Å². The molecule has 0 N–H and O–H groups in total. The number of hydrogen-bond donors (Lipinski definition) is 0. The molecule has 6 aromatic rings. The molecule has 0 aliphatic rings. The number of hydrogen-bond acceptors (Lipinski definition) is 2. The quantitative estimate of drug-likeness (QED) is 0.171. The van der Waals surface area contributed by atoms with Gasteiger partial charge in [-0.15, -0.1) is 0 Å². The molecular weight excluding hydrogens is 532 g/mol. The van der Waals surface area contributed by atoms with Gasteiger partial charge in [0.1, 0.15) is 0 Å². The van der Waals surface area contributed by atoms with Crippen molar-refractivity contribution in [3.63, 3.8) is 0 Å². The Hall–Kier alpha value is -5.60. The molecule has 0 aliphatic heterocycles. The van der Waals surface area contributed by atoms with E-state index in [9.17, 15) is 0 Å². The van der Waals surface area contributed by atoms with Gasteiger partial charge in [0, 0.05) is 35.1 Å². The molecule has 44 heavy (non-hydrogen) atoms. The maximum atomic E-state index is 2.26. The first-order valence-corrected chi connectivity index (χ1v) is 15.0. The lowest BCUT2D eigenvalue weighted by molar-refractivity contribution is 1.27. The zero-order valence-corrected chi connectivity index (χ0v) is 25.2. The molecule has 0 aliphatic carbocycles. The zero-order chi connectivity index (χ0) is 30.1. The summed E-state index contributed by atoms with van der Waals surface area (Å²) in [5.74, 6) is 0. The van der Waals surface area contributed by atoms with Crippen molar-refractivity contribution in [2.75, 3.05) is 9.80 Å². The lowest BCUT2D eigenvalue weighted by atomic mass is 10.0. The van der Waals surface area contributed by atoms with E-state index < -0.39 is 0 Å². The van der Waals surface area contributed by atoms with E-state index in [-0.39, 0.29) is 0 Å². The van der Waals surface area contributed by atoms with Crippen LogP contribution in [-0.4, -0.2) is 0 Å². The summed E-state index contributed by atoms with van der Waals surface area (Å²) >= 11 is 0. The minimum atomic E-state index is 1.11. The highest BCUT2D eigenvalue weighted by molar-refractivity contribution is 5.78. The first kappa shape index (κ1) is 28.5. The van der Waals surface area contributed by atoms with Crippen molar-refractivity contribution in [1.82, 2.24) is 0 Å². The Morgan fingerprint density at radius 3 is 0.932 bits per heavy atom. The monoisotopic (exact) mass is 568 g/mol. The Balaban J connectivity index is 1.29. The van der Waals surface area contributed by atoms with Crippen LogP contribution in [0.25, 0.3) is 22.3 Å². The average Bonchev–Trinajstić information content (AvgIpc) is 3.11. The number of anilines is 4. The van der Waals surface area contributed by atoms with E-state index in [0.717, 1.165) is 22.7 Å². The highest BCUT2D eigenvalue weighted by Gasteiger charge is 2.11. The van der Waals surface area contributed by atoms with Crippen molar-refractivity contribution in [2.24, 2.45) is 0 Å². The Bertz CT molecular complexity index is 1680. The van der Waals surface area contributed by atoms with Crippen LogP contribution in [0.15, 0.2) is 182 Å². The molecule has 0 aromatic heterocycles. The number of benzene rings is 6. The average molecular weight is 569 g/mol. The summed E-state index contributed by atoms with van der Waals surface area (Å²) in [7, 11) is 0. The molecule has 0 fully saturated rings. The standard InChI is InChI=1S/C42H36N2/c1-33(35-15-7-3-8-16-35)31-43(39-19-11-5-12-20-39)41-27-23-37(24-28-41)38-25-29-42(30-26-38)44(40-21-13-6-14-22-40)32-34(2)36-17-9-4-10-18-36/h3-32H,1-2H3/b33-31+,34-32+. The van der Waals surface area contributed by atoms with Crippen LogP contribution >= 0.6 is 0 Å². The summed E-state index contributed by atoms with van der Waals surface area (Å²) in [6, 6.07) is 59.7. The molecule has 0 bridgehead atoms. The molecular formula is C42H36N2. The van der Waals surface area contributed by atoms with Crippen LogP contribution in [0.2, 0.25) is 0 Å². The summed E-state index contributed by atoms with van der Waals surface area (Å²) in [6.45, 7) is 4.33. The fourth-order valence-electron chi connectivity index (χ4n) is 5.34. The van der Waals surface area contributed by atoms with Gasteiger partial charge < -0.3 is 9.80 Å². The highest BCUT2D eigenvalue weighted by Crippen LogP contribution is 2.33. The smallest absolute Gasteiger partial charge is 0.0456 e. The molecule has 0 amide bonds. The van der Waals surface area contributed by atoms with Gasteiger partial charge in [-0.1, -0.05) is 121 Å². The number of para-hydroxylation sites is 2. The van der Waals surface area contributed by atoms with E-state index in [4.69, 9.17) is 0 Å². The molecule has 0 spiro atoms. The molecule has 0 saturated heterocycles. The topological polar surface area (TPSA) is 6.48 Å². The van der Waals surface area contributed by atoms with Crippen molar-refractivity contribution in [2.45, 2.75) is 13.8 Å². The lowest BCUT2D eigenvalue weighted by Gasteiger charge is -2.23. The summed E-state index contributed by atoms with van der Waals surface area (Å²) in [5, 5.41) is 0. The van der Waals surface area contributed by atoms with Gasteiger partial charge in [0.05, 0.1) is 0 Å². The number of rotatable bonds is 9. The maximum absolute atomic E-state index is 2.26. The van der Waals surface area contributed by atoms with Gasteiger partial charge >= 0.3 is 0 Å². The molecule has 6 rings (SSSR count). The molecule has 6 aromatic carbocycles. The van der Waals surface area contributed by atoms with Crippen molar-refractivity contribution in [3.05, 3.63) is 193 Å². The van der Waals surface area contributed by atoms with Crippen molar-refractivity contribution < 1.29 is 0 Å². The SMILES string of the molecule is C/C(=C\N(c1ccccc1)c1ccc(-c2ccc(N(/C=C(\C)c3ccccc3)c3ccccc3)cc2)cc1)c1ccccc1. The fraction of sp³-hybridized carbons (Fsp3) is 0.0476. The Morgan fingerprint density at radius 2 is 0.614 bits per heavy atom. The normalized spacial score (nSPS) is 11.7. The van der Waals surface area contributed by atoms with Gasteiger partial charge in [-0.3, -0.25) is 0 Å². The predicted molar refractivity (Wildman–Crippen MR) is 189 cm³/mol. The van der Waals surface area contributed by atoms with Crippen LogP contribution in [-0.2, 0) is 0 Å². The van der Waals surface area contributed by atoms with E-state index in [1.54, 1.807) is 0 Å². The van der Waals surface area contributed by atoms with Crippen molar-refractivity contribution in [1.29, 1.82) is 0 Å². The fourth-order valence-corrected chi connectivity index (χ4v) is 5.34. The Kier molecular flexibility index (Phi) is 8.80. The van der Waals surface area contributed by atoms with Gasteiger partial charge in [0.2, 0.25) is 0 Å². The number of nitrogens with zero attached hydrogens (tertiary/aromatic N) is 2. The van der Waals surface area contributed by atoms with Crippen LogP contribution in [0.3, 0.4) is 0 Å². The largest absolute Gasteiger partial charge is 0.317 e. The van der Waals surface area contributed by atoms with E-state index in [1.807, 2.05) is 0 Å². The molecule has 2 nitrogen and oxygen atoms in total. The summed E-state index contributed by atoms with van der Waals surface area (Å²) in [4.78, 5) is 4.52. The molecule has 2 heteroatoms. The van der Waals surface area contributed by atoms with E-state index in [2.05, 4.69) is 206 Å². The van der Waals surface area contributed by atoms with E-state index >= 15 is 0 Å². The second kappa shape index (κ2) is 13.6. The van der Waals surface area contributed by atoms with Crippen LogP contribution in [0.1, 0.15) is 25.0 Å². The first-order valence-electron chi connectivity index (χ1n) is 15.0. The highest BCUT2D eigenvalue weighted by atomic mass is 15.1. The van der Waals surface area contributed by atoms with Gasteiger partial charge in [-0.25, -0.2) is 0 Å². The van der Waals surface area contributed by atoms with Crippen LogP contribution < -0.4 is 9.80 Å². The third-order valence-corrected chi connectivity index (χ3v) is 7.80. The molecule has 0 unspecified atom stereocenters. The van der Waals surface area contributed by atoms with E-state index in [1.165, 1.54) is 33.4 Å². The summed E-state index contributed by atoms with van der Waals surface area (Å²) in [6.07, 6.45) is 4.44. The summed E-state index contributed by atoms with van der Waals surface area (Å²) in [5.41, 5.74) is 11.7. The van der Waals surface area contributed by atoms with Crippen molar-refractivity contribution in [3.8, 4) is 11.1 Å². The minimum absolute atomic E-state index is 1.11. The van der Waals surface area contributed by atoms with Gasteiger partial charge in [0.15, 0.2) is 0 Å². The van der Waals surface area contributed by atoms with Crippen LogP contribution in [0.4, 0.5) is 22.7 Å². The molecule has 0 atom stereocenters. The molecule has 0 radical (unpaired) electrons. The zero-order valence-electron chi connectivity index (χ0n) is 25.2. The second-order valence-corrected chi connectivity index (χ2v) is 10.9. The van der Waals surface area contributed by atoms with E-state index in [0.29, 0.717) is 0 Å². The molecule has 0 saturated carbocycles. The Labute approximate surface area is 261 Å². The molecule has 0 heterocycles. The van der Waals surface area contributed by atoms with Gasteiger partial charge in [0.25, 0.3) is 0 Å². The predicted octanol–water partition coefficient (Wildman–Crippen LogP) is 11.8. The van der Waals surface area contributed by atoms with Crippen LogP contribution in [0.5, 0.6) is 0 Å². The van der Waals surface area contributed by atoms with Gasteiger partial charge in [-0.2, -0.15) is 0 Å². The second-order valence-electron chi connectivity index (χ2n) is 10.9. The summed E-state index contributed by atoms with van der Waals surface area (Å²) < 4.78 is 0. The lowest BCUT2D eigenvalue weighted by Crippen LogP contribution is -2.09. The Morgan fingerprint density at radius 1 is 0.341 bits per heavy atom. The number of allylic oxidation sites excluding steroid dienone is 2. The van der Waals surface area contributed by atoms with Crippen LogP contribution in [0, 0.1) is 0 Å². The first-order chi connectivity index (χ1) is 21.7. The third-order valence-electron chi connectivity index (χ3n) is 7.80. The minimum Gasteiger partial charge on any atom is -0.317 e. The maximum Gasteiger partial charge on any atom is 0.0456 e. The molecule has 214 valence electrons. The third kappa shape index (κ3) is 6.72. The van der Waals surface area contributed by atoms with Gasteiger partial charge in [-0.05, 0) is 95.8 Å².